The molecule has 88 valence electrons. The Morgan fingerprint density at radius 2 is 1.87 bits per heavy atom. The number of esters is 1. The Labute approximate surface area is 91.6 Å². The SMILES string of the molecule is CCCCC(=O)N(C)CC(=O)OCCC. The number of carbonyl (C=O) groups excluding carboxylic acids is 2. The van der Waals surface area contributed by atoms with Crippen molar-refractivity contribution in [3.63, 3.8) is 0 Å². The molecule has 0 aromatic heterocycles. The molecule has 0 aromatic carbocycles. The van der Waals surface area contributed by atoms with Gasteiger partial charge in [-0.3, -0.25) is 9.59 Å². The molecule has 0 saturated carbocycles. The second kappa shape index (κ2) is 8.26. The lowest BCUT2D eigenvalue weighted by Crippen LogP contribution is -2.32. The van der Waals surface area contributed by atoms with Crippen LogP contribution in [0.5, 0.6) is 0 Å². The van der Waals surface area contributed by atoms with E-state index in [1.165, 1.54) is 4.90 Å². The minimum atomic E-state index is -0.329. The molecule has 4 nitrogen and oxygen atoms in total. The summed E-state index contributed by atoms with van der Waals surface area (Å²) in [6, 6.07) is 0. The third kappa shape index (κ3) is 6.94. The van der Waals surface area contributed by atoms with E-state index in [-0.39, 0.29) is 18.4 Å². The summed E-state index contributed by atoms with van der Waals surface area (Å²) in [7, 11) is 1.63. The highest BCUT2D eigenvalue weighted by molar-refractivity contribution is 5.81. The lowest BCUT2D eigenvalue weighted by molar-refractivity contribution is -0.148. The van der Waals surface area contributed by atoms with Crippen LogP contribution in [0.3, 0.4) is 0 Å². The van der Waals surface area contributed by atoms with E-state index in [1.807, 2.05) is 13.8 Å². The largest absolute Gasteiger partial charge is 0.464 e. The van der Waals surface area contributed by atoms with Gasteiger partial charge >= 0.3 is 5.97 Å². The standard InChI is InChI=1S/C11H21NO3/c1-4-6-7-10(13)12(3)9-11(14)15-8-5-2/h4-9H2,1-3H3. The first kappa shape index (κ1) is 13.9. The summed E-state index contributed by atoms with van der Waals surface area (Å²) in [5.41, 5.74) is 0. The smallest absolute Gasteiger partial charge is 0.325 e. The van der Waals surface area contributed by atoms with E-state index in [4.69, 9.17) is 4.74 Å². The molecule has 15 heavy (non-hydrogen) atoms. The van der Waals surface area contributed by atoms with E-state index in [1.54, 1.807) is 7.05 Å². The first-order valence-electron chi connectivity index (χ1n) is 5.51. The first-order chi connectivity index (χ1) is 7.11. The number of hydrogen-bond donors (Lipinski definition) is 0. The average molecular weight is 215 g/mol. The molecule has 0 aliphatic carbocycles. The van der Waals surface area contributed by atoms with Gasteiger partial charge in [-0.25, -0.2) is 0 Å². The van der Waals surface area contributed by atoms with Gasteiger partial charge in [0.25, 0.3) is 0 Å². The quantitative estimate of drug-likeness (QED) is 0.606. The summed E-state index contributed by atoms with van der Waals surface area (Å²) in [6.45, 7) is 4.45. The maximum atomic E-state index is 11.4. The highest BCUT2D eigenvalue weighted by atomic mass is 16.5. The molecule has 0 aliphatic rings. The number of carbonyl (C=O) groups is 2. The van der Waals surface area contributed by atoms with Gasteiger partial charge in [0.05, 0.1) is 6.61 Å². The Hall–Kier alpha value is -1.06. The van der Waals surface area contributed by atoms with Crippen LogP contribution in [0.1, 0.15) is 39.5 Å². The predicted molar refractivity (Wildman–Crippen MR) is 58.4 cm³/mol. The van der Waals surface area contributed by atoms with Crippen LogP contribution < -0.4 is 0 Å². The number of hydrogen-bond acceptors (Lipinski definition) is 3. The van der Waals surface area contributed by atoms with Crippen molar-refractivity contribution in [1.29, 1.82) is 0 Å². The van der Waals surface area contributed by atoms with Crippen LogP contribution in [0.15, 0.2) is 0 Å². The van der Waals surface area contributed by atoms with Crippen molar-refractivity contribution in [3.8, 4) is 0 Å². The van der Waals surface area contributed by atoms with Crippen molar-refractivity contribution >= 4 is 11.9 Å². The minimum Gasteiger partial charge on any atom is -0.464 e. The summed E-state index contributed by atoms with van der Waals surface area (Å²) in [4.78, 5) is 24.0. The topological polar surface area (TPSA) is 46.6 Å². The van der Waals surface area contributed by atoms with Crippen LogP contribution in [-0.2, 0) is 14.3 Å². The Kier molecular flexibility index (Phi) is 7.68. The van der Waals surface area contributed by atoms with Gasteiger partial charge in [0.1, 0.15) is 6.54 Å². The summed E-state index contributed by atoms with van der Waals surface area (Å²) < 4.78 is 4.88. The summed E-state index contributed by atoms with van der Waals surface area (Å²) in [5, 5.41) is 0. The normalized spacial score (nSPS) is 9.80. The van der Waals surface area contributed by atoms with Crippen LogP contribution >= 0.6 is 0 Å². The second-order valence-electron chi connectivity index (χ2n) is 3.57. The molecule has 0 saturated heterocycles. The third-order valence-electron chi connectivity index (χ3n) is 2.00. The summed E-state index contributed by atoms with van der Waals surface area (Å²) in [5.74, 6) is -0.325. The van der Waals surface area contributed by atoms with Crippen LogP contribution in [0, 0.1) is 0 Å². The predicted octanol–water partition coefficient (Wildman–Crippen LogP) is 1.59. The molecule has 0 fully saturated rings. The molecule has 0 spiro atoms. The maximum Gasteiger partial charge on any atom is 0.325 e. The molecule has 0 N–H and O–H groups in total. The lowest BCUT2D eigenvalue weighted by atomic mass is 10.2. The monoisotopic (exact) mass is 215 g/mol. The molecule has 4 heteroatoms. The molecule has 0 heterocycles. The van der Waals surface area contributed by atoms with Crippen LogP contribution in [0.25, 0.3) is 0 Å². The van der Waals surface area contributed by atoms with Crippen molar-refractivity contribution in [3.05, 3.63) is 0 Å². The zero-order valence-electron chi connectivity index (χ0n) is 9.91. The van der Waals surface area contributed by atoms with Gasteiger partial charge in [0.2, 0.25) is 5.91 Å². The molecular weight excluding hydrogens is 194 g/mol. The number of amides is 1. The van der Waals surface area contributed by atoms with E-state index in [0.29, 0.717) is 13.0 Å². The molecule has 1 amide bonds. The minimum absolute atomic E-state index is 0.00491. The van der Waals surface area contributed by atoms with Crippen LogP contribution in [0.4, 0.5) is 0 Å². The lowest BCUT2D eigenvalue weighted by Gasteiger charge is -2.15. The maximum absolute atomic E-state index is 11.4. The molecule has 0 aliphatic heterocycles. The first-order valence-corrected chi connectivity index (χ1v) is 5.51. The number of nitrogens with zero attached hydrogens (tertiary/aromatic N) is 1. The van der Waals surface area contributed by atoms with Crippen molar-refractivity contribution in [2.75, 3.05) is 20.2 Å². The van der Waals surface area contributed by atoms with Crippen molar-refractivity contribution in [2.24, 2.45) is 0 Å². The highest BCUT2D eigenvalue weighted by Crippen LogP contribution is 1.99. The van der Waals surface area contributed by atoms with E-state index < -0.39 is 0 Å². The number of likely N-dealkylation sites (N-methyl/N-ethyl adjacent to an activating group) is 1. The van der Waals surface area contributed by atoms with E-state index in [2.05, 4.69) is 0 Å². The number of ether oxygens (including phenoxy) is 1. The average Bonchev–Trinajstić information content (AvgIpc) is 2.22. The van der Waals surface area contributed by atoms with Gasteiger partial charge in [-0.15, -0.1) is 0 Å². The van der Waals surface area contributed by atoms with Crippen molar-refractivity contribution in [1.82, 2.24) is 4.90 Å². The highest BCUT2D eigenvalue weighted by Gasteiger charge is 2.12. The Morgan fingerprint density at radius 3 is 2.40 bits per heavy atom. The van der Waals surface area contributed by atoms with E-state index >= 15 is 0 Å². The fourth-order valence-corrected chi connectivity index (χ4v) is 1.06. The zero-order chi connectivity index (χ0) is 11.7. The molecule has 0 atom stereocenters. The van der Waals surface area contributed by atoms with Gasteiger partial charge in [0, 0.05) is 13.5 Å². The van der Waals surface area contributed by atoms with Gasteiger partial charge in [-0.05, 0) is 12.8 Å². The van der Waals surface area contributed by atoms with E-state index in [0.717, 1.165) is 19.3 Å². The second-order valence-corrected chi connectivity index (χ2v) is 3.57. The van der Waals surface area contributed by atoms with E-state index in [9.17, 15) is 9.59 Å². The zero-order valence-corrected chi connectivity index (χ0v) is 9.91. The Morgan fingerprint density at radius 1 is 1.20 bits per heavy atom. The van der Waals surface area contributed by atoms with Gasteiger partial charge in [-0.1, -0.05) is 20.3 Å². The Balaban J connectivity index is 3.75. The fraction of sp³-hybridized carbons (Fsp3) is 0.818. The molecular formula is C11H21NO3. The van der Waals surface area contributed by atoms with Gasteiger partial charge in [-0.2, -0.15) is 0 Å². The van der Waals surface area contributed by atoms with Gasteiger partial charge < -0.3 is 9.64 Å². The molecule has 0 unspecified atom stereocenters. The number of unbranched alkanes of at least 4 members (excludes halogenated alkanes) is 1. The molecule has 0 radical (unpaired) electrons. The molecule has 0 aromatic rings. The van der Waals surface area contributed by atoms with Gasteiger partial charge in [0.15, 0.2) is 0 Å². The van der Waals surface area contributed by atoms with Crippen molar-refractivity contribution in [2.45, 2.75) is 39.5 Å². The summed E-state index contributed by atoms with van der Waals surface area (Å²) >= 11 is 0. The fourth-order valence-electron chi connectivity index (χ4n) is 1.06. The summed E-state index contributed by atoms with van der Waals surface area (Å²) in [6.07, 6.45) is 3.17. The molecule has 0 rings (SSSR count). The molecule has 0 bridgehead atoms. The van der Waals surface area contributed by atoms with Crippen LogP contribution in [0.2, 0.25) is 0 Å². The van der Waals surface area contributed by atoms with Crippen molar-refractivity contribution < 1.29 is 14.3 Å². The number of rotatable bonds is 7. The van der Waals surface area contributed by atoms with Crippen LogP contribution in [-0.4, -0.2) is 37.0 Å². The third-order valence-corrected chi connectivity index (χ3v) is 2.00. The Bertz CT molecular complexity index is 204.